The van der Waals surface area contributed by atoms with Crippen molar-refractivity contribution in [1.29, 1.82) is 0 Å². The molecule has 1 aromatic carbocycles. The molecule has 2 rings (SSSR count). The Kier molecular flexibility index (Phi) is 3.32. The highest BCUT2D eigenvalue weighted by atomic mass is 79.9. The number of hydrogen-bond acceptors (Lipinski definition) is 2. The first-order valence-corrected chi connectivity index (χ1v) is 6.16. The fraction of sp³-hybridized carbons (Fsp3) is 0.500. The Balaban J connectivity index is 2.38. The summed E-state index contributed by atoms with van der Waals surface area (Å²) >= 11 is 3.53. The van der Waals surface area contributed by atoms with Gasteiger partial charge in [0, 0.05) is 10.5 Å². The second kappa shape index (κ2) is 4.54. The molecular weight excluding hydrogens is 254 g/mol. The molecule has 15 heavy (non-hydrogen) atoms. The number of hydrogen-bond donors (Lipinski definition) is 1. The van der Waals surface area contributed by atoms with Gasteiger partial charge in [-0.15, -0.1) is 0 Å². The molecule has 1 aliphatic rings. The van der Waals surface area contributed by atoms with Gasteiger partial charge < -0.3 is 10.5 Å². The molecule has 0 bridgehead atoms. The van der Waals surface area contributed by atoms with Gasteiger partial charge in [0.15, 0.2) is 0 Å². The molecule has 1 atom stereocenters. The van der Waals surface area contributed by atoms with E-state index < -0.39 is 0 Å². The molecule has 3 heteroatoms. The van der Waals surface area contributed by atoms with Crippen molar-refractivity contribution in [1.82, 2.24) is 0 Å². The van der Waals surface area contributed by atoms with Crippen molar-refractivity contribution < 1.29 is 4.74 Å². The molecule has 82 valence electrons. The first-order chi connectivity index (χ1) is 7.16. The van der Waals surface area contributed by atoms with Crippen molar-refractivity contribution >= 4 is 15.9 Å². The number of rotatable bonds is 2. The van der Waals surface area contributed by atoms with E-state index in [9.17, 15) is 0 Å². The zero-order valence-corrected chi connectivity index (χ0v) is 10.5. The zero-order chi connectivity index (χ0) is 10.8. The summed E-state index contributed by atoms with van der Waals surface area (Å²) in [6, 6.07) is 4.45. The molecular formula is C12H16BrNO. The lowest BCUT2D eigenvalue weighted by Gasteiger charge is -2.21. The van der Waals surface area contributed by atoms with Crippen LogP contribution in [0.4, 0.5) is 0 Å². The Morgan fingerprint density at radius 2 is 2.33 bits per heavy atom. The third kappa shape index (κ3) is 2.52. The van der Waals surface area contributed by atoms with Crippen molar-refractivity contribution in [3.63, 3.8) is 0 Å². The smallest absolute Gasteiger partial charge is 0.125 e. The van der Waals surface area contributed by atoms with Crippen LogP contribution in [0.5, 0.6) is 5.75 Å². The van der Waals surface area contributed by atoms with Gasteiger partial charge in [-0.1, -0.05) is 15.9 Å². The van der Waals surface area contributed by atoms with Crippen LogP contribution in [0.1, 0.15) is 24.5 Å². The first kappa shape index (κ1) is 11.0. The predicted molar refractivity (Wildman–Crippen MR) is 65.3 cm³/mol. The maximum Gasteiger partial charge on any atom is 0.125 e. The van der Waals surface area contributed by atoms with Crippen molar-refractivity contribution in [2.75, 3.05) is 6.61 Å². The van der Waals surface area contributed by atoms with E-state index >= 15 is 0 Å². The summed E-state index contributed by atoms with van der Waals surface area (Å²) in [5, 5.41) is 0. The van der Waals surface area contributed by atoms with Crippen molar-refractivity contribution in [2.24, 2.45) is 5.73 Å². The second-order valence-electron chi connectivity index (χ2n) is 4.19. The minimum atomic E-state index is 0.175. The van der Waals surface area contributed by atoms with E-state index in [1.807, 2.05) is 6.92 Å². The molecule has 1 aliphatic heterocycles. The summed E-state index contributed by atoms with van der Waals surface area (Å²) in [5.41, 5.74) is 8.38. The SMILES string of the molecule is CC(N)Cc1cc(Br)cc2c1OCCC2. The Bertz CT molecular complexity index is 363. The second-order valence-corrected chi connectivity index (χ2v) is 5.10. The Labute approximate surface area is 98.9 Å². The minimum Gasteiger partial charge on any atom is -0.493 e. The average molecular weight is 270 g/mol. The van der Waals surface area contributed by atoms with Crippen LogP contribution in [0.25, 0.3) is 0 Å². The van der Waals surface area contributed by atoms with Crippen LogP contribution < -0.4 is 10.5 Å². The van der Waals surface area contributed by atoms with E-state index in [1.54, 1.807) is 0 Å². The predicted octanol–water partition coefficient (Wildman–Crippen LogP) is 2.66. The average Bonchev–Trinajstić information content (AvgIpc) is 2.16. The highest BCUT2D eigenvalue weighted by Crippen LogP contribution is 2.32. The van der Waals surface area contributed by atoms with Crippen LogP contribution in [0.3, 0.4) is 0 Å². The fourth-order valence-electron chi connectivity index (χ4n) is 2.02. The molecule has 0 saturated heterocycles. The standard InChI is InChI=1S/C12H16BrNO/c1-8(14)5-10-7-11(13)6-9-3-2-4-15-12(9)10/h6-8H,2-5,14H2,1H3. The topological polar surface area (TPSA) is 35.2 Å². The number of ether oxygens (including phenoxy) is 1. The quantitative estimate of drug-likeness (QED) is 0.896. The largest absolute Gasteiger partial charge is 0.493 e. The number of aryl methyl sites for hydroxylation is 1. The molecule has 1 unspecified atom stereocenters. The van der Waals surface area contributed by atoms with Crippen LogP contribution in [0, 0.1) is 0 Å². The first-order valence-electron chi connectivity index (χ1n) is 5.36. The van der Waals surface area contributed by atoms with Gasteiger partial charge in [0.2, 0.25) is 0 Å². The number of benzene rings is 1. The molecule has 0 aliphatic carbocycles. The van der Waals surface area contributed by atoms with Crippen LogP contribution in [0.2, 0.25) is 0 Å². The summed E-state index contributed by atoms with van der Waals surface area (Å²) in [5.74, 6) is 1.07. The lowest BCUT2D eigenvalue weighted by atomic mass is 9.99. The molecule has 2 nitrogen and oxygen atoms in total. The van der Waals surface area contributed by atoms with Crippen molar-refractivity contribution in [3.05, 3.63) is 27.7 Å². The van der Waals surface area contributed by atoms with E-state index in [-0.39, 0.29) is 6.04 Å². The van der Waals surface area contributed by atoms with Gasteiger partial charge in [-0.05, 0) is 49.4 Å². The van der Waals surface area contributed by atoms with E-state index in [0.29, 0.717) is 0 Å². The normalized spacial score (nSPS) is 16.7. The van der Waals surface area contributed by atoms with Crippen LogP contribution in [0.15, 0.2) is 16.6 Å². The van der Waals surface area contributed by atoms with E-state index in [2.05, 4.69) is 28.1 Å². The summed E-state index contributed by atoms with van der Waals surface area (Å²) in [6.45, 7) is 2.86. The maximum atomic E-state index is 5.84. The summed E-state index contributed by atoms with van der Waals surface area (Å²) in [7, 11) is 0. The molecule has 0 spiro atoms. The highest BCUT2D eigenvalue weighted by molar-refractivity contribution is 9.10. The van der Waals surface area contributed by atoms with Gasteiger partial charge >= 0.3 is 0 Å². The summed E-state index contributed by atoms with van der Waals surface area (Å²) < 4.78 is 6.86. The van der Waals surface area contributed by atoms with Crippen LogP contribution in [-0.2, 0) is 12.8 Å². The van der Waals surface area contributed by atoms with Gasteiger partial charge in [-0.2, -0.15) is 0 Å². The Hall–Kier alpha value is -0.540. The van der Waals surface area contributed by atoms with Crippen molar-refractivity contribution in [2.45, 2.75) is 32.2 Å². The molecule has 0 saturated carbocycles. The van der Waals surface area contributed by atoms with Gasteiger partial charge in [0.1, 0.15) is 5.75 Å². The Morgan fingerprint density at radius 1 is 1.53 bits per heavy atom. The molecule has 0 aromatic heterocycles. The third-order valence-corrected chi connectivity index (χ3v) is 3.04. The highest BCUT2D eigenvalue weighted by Gasteiger charge is 2.16. The summed E-state index contributed by atoms with van der Waals surface area (Å²) in [6.07, 6.45) is 3.10. The molecule has 0 amide bonds. The lowest BCUT2D eigenvalue weighted by molar-refractivity contribution is 0.284. The van der Waals surface area contributed by atoms with E-state index in [4.69, 9.17) is 10.5 Å². The fourth-order valence-corrected chi connectivity index (χ4v) is 2.57. The zero-order valence-electron chi connectivity index (χ0n) is 8.92. The number of halogens is 1. The monoisotopic (exact) mass is 269 g/mol. The molecule has 0 radical (unpaired) electrons. The van der Waals surface area contributed by atoms with Gasteiger partial charge in [0.05, 0.1) is 6.61 Å². The lowest BCUT2D eigenvalue weighted by Crippen LogP contribution is -2.20. The third-order valence-electron chi connectivity index (χ3n) is 2.59. The molecule has 1 heterocycles. The van der Waals surface area contributed by atoms with Crippen molar-refractivity contribution in [3.8, 4) is 5.75 Å². The van der Waals surface area contributed by atoms with E-state index in [0.717, 1.165) is 36.1 Å². The van der Waals surface area contributed by atoms with Gasteiger partial charge in [-0.3, -0.25) is 0 Å². The van der Waals surface area contributed by atoms with Crippen LogP contribution in [-0.4, -0.2) is 12.6 Å². The summed E-state index contributed by atoms with van der Waals surface area (Å²) in [4.78, 5) is 0. The molecule has 1 aromatic rings. The van der Waals surface area contributed by atoms with Gasteiger partial charge in [0.25, 0.3) is 0 Å². The number of fused-ring (bicyclic) bond motifs is 1. The maximum absolute atomic E-state index is 5.84. The Morgan fingerprint density at radius 3 is 3.07 bits per heavy atom. The number of nitrogens with two attached hydrogens (primary N) is 1. The molecule has 2 N–H and O–H groups in total. The minimum absolute atomic E-state index is 0.175. The van der Waals surface area contributed by atoms with E-state index in [1.165, 1.54) is 11.1 Å². The van der Waals surface area contributed by atoms with Gasteiger partial charge in [-0.25, -0.2) is 0 Å². The van der Waals surface area contributed by atoms with Crippen LogP contribution >= 0.6 is 15.9 Å². The molecule has 0 fully saturated rings.